The molecule has 0 aliphatic heterocycles. The Hall–Kier alpha value is -5.08. The SMILES string of the molecule is CC1C=CC=C(N(C2=CCCC=C2)c2ccc3c(c2)C(C)(C)c2cc(CN(c4ccccc4)c4ccccc4)c4ccccc4c2-3)C1. The number of hydrogen-bond donors (Lipinski definition) is 0. The Morgan fingerprint density at radius 1 is 0.723 bits per heavy atom. The molecule has 0 N–H and O–H groups in total. The molecule has 5 aromatic rings. The van der Waals surface area contributed by atoms with Crippen LogP contribution in [0.5, 0.6) is 0 Å². The first-order valence-electron chi connectivity index (χ1n) is 17.1. The molecule has 0 heterocycles. The summed E-state index contributed by atoms with van der Waals surface area (Å²) in [6.45, 7) is 7.93. The minimum atomic E-state index is -0.152. The van der Waals surface area contributed by atoms with Crippen LogP contribution < -0.4 is 9.80 Å². The fourth-order valence-corrected chi connectivity index (χ4v) is 7.87. The highest BCUT2D eigenvalue weighted by Gasteiger charge is 2.38. The average molecular weight is 611 g/mol. The normalized spacial score (nSPS) is 17.6. The van der Waals surface area contributed by atoms with E-state index in [9.17, 15) is 0 Å². The number of fused-ring (bicyclic) bond motifs is 5. The summed E-state index contributed by atoms with van der Waals surface area (Å²) in [6.07, 6.45) is 17.1. The first-order valence-corrected chi connectivity index (χ1v) is 17.1. The Labute approximate surface area is 279 Å². The number of nitrogens with zero attached hydrogens (tertiary/aromatic N) is 2. The molecule has 2 heteroatoms. The van der Waals surface area contributed by atoms with E-state index in [1.165, 1.54) is 67.0 Å². The van der Waals surface area contributed by atoms with Gasteiger partial charge in [-0.1, -0.05) is 118 Å². The summed E-state index contributed by atoms with van der Waals surface area (Å²) < 4.78 is 0. The van der Waals surface area contributed by atoms with Gasteiger partial charge in [-0.3, -0.25) is 0 Å². The van der Waals surface area contributed by atoms with Gasteiger partial charge in [-0.15, -0.1) is 0 Å². The van der Waals surface area contributed by atoms with Crippen molar-refractivity contribution >= 4 is 27.8 Å². The van der Waals surface area contributed by atoms with Crippen LogP contribution in [0.4, 0.5) is 17.1 Å². The predicted molar refractivity (Wildman–Crippen MR) is 200 cm³/mol. The molecule has 0 bridgehead atoms. The van der Waals surface area contributed by atoms with Gasteiger partial charge in [0, 0.05) is 40.4 Å². The number of hydrogen-bond acceptors (Lipinski definition) is 2. The molecule has 0 saturated carbocycles. The van der Waals surface area contributed by atoms with Crippen LogP contribution in [0.15, 0.2) is 157 Å². The van der Waals surface area contributed by atoms with Gasteiger partial charge >= 0.3 is 0 Å². The van der Waals surface area contributed by atoms with Gasteiger partial charge in [0.1, 0.15) is 0 Å². The smallest absolute Gasteiger partial charge is 0.0488 e. The van der Waals surface area contributed by atoms with Crippen molar-refractivity contribution in [2.24, 2.45) is 5.92 Å². The van der Waals surface area contributed by atoms with Crippen molar-refractivity contribution in [3.8, 4) is 11.1 Å². The second-order valence-corrected chi connectivity index (χ2v) is 13.8. The van der Waals surface area contributed by atoms with E-state index in [-0.39, 0.29) is 5.41 Å². The van der Waals surface area contributed by atoms with Crippen LogP contribution in [0.3, 0.4) is 0 Å². The fraction of sp³-hybridized carbons (Fsp3) is 0.200. The van der Waals surface area contributed by atoms with Gasteiger partial charge in [-0.25, -0.2) is 0 Å². The molecule has 8 rings (SSSR count). The molecule has 0 amide bonds. The van der Waals surface area contributed by atoms with Crippen LogP contribution in [0.25, 0.3) is 21.9 Å². The van der Waals surface area contributed by atoms with Crippen LogP contribution in [0, 0.1) is 5.92 Å². The molecule has 3 aliphatic carbocycles. The lowest BCUT2D eigenvalue weighted by Gasteiger charge is -2.33. The van der Waals surface area contributed by atoms with E-state index in [4.69, 9.17) is 0 Å². The first kappa shape index (κ1) is 29.3. The van der Waals surface area contributed by atoms with E-state index in [1.54, 1.807) is 0 Å². The molecule has 0 fully saturated rings. The van der Waals surface area contributed by atoms with Crippen molar-refractivity contribution in [1.29, 1.82) is 0 Å². The standard InChI is InChI=1S/C45H42N2/c1-32-16-15-23-37(28-32)47(36-21-11-6-12-22-36)38-26-27-41-42(30-38)45(2,3)43-29-33(39-24-13-14-25-40(39)44(41)43)31-46(34-17-7-4-8-18-34)35-19-9-5-10-20-35/h4-5,7-11,13-27,29-30,32H,6,12,28,31H2,1-3H3. The minimum absolute atomic E-state index is 0.152. The summed E-state index contributed by atoms with van der Waals surface area (Å²) in [5.41, 5.74) is 13.1. The molecule has 3 aliphatic rings. The van der Waals surface area contributed by atoms with Gasteiger partial charge in [0.2, 0.25) is 0 Å². The van der Waals surface area contributed by atoms with Crippen LogP contribution in [0.1, 0.15) is 56.7 Å². The molecule has 2 nitrogen and oxygen atoms in total. The molecule has 1 atom stereocenters. The Morgan fingerprint density at radius 2 is 1.43 bits per heavy atom. The summed E-state index contributed by atoms with van der Waals surface area (Å²) >= 11 is 0. The monoisotopic (exact) mass is 610 g/mol. The van der Waals surface area contributed by atoms with Crippen LogP contribution >= 0.6 is 0 Å². The lowest BCUT2D eigenvalue weighted by molar-refractivity contribution is 0.658. The van der Waals surface area contributed by atoms with Crippen molar-refractivity contribution < 1.29 is 0 Å². The van der Waals surface area contributed by atoms with Gasteiger partial charge in [-0.05, 0) is 112 Å². The lowest BCUT2D eigenvalue weighted by atomic mass is 9.81. The van der Waals surface area contributed by atoms with Crippen LogP contribution in [0.2, 0.25) is 0 Å². The number of para-hydroxylation sites is 2. The summed E-state index contributed by atoms with van der Waals surface area (Å²) in [5.74, 6) is 0.525. The Bertz CT molecular complexity index is 2040. The third-order valence-corrected chi connectivity index (χ3v) is 10.3. The van der Waals surface area contributed by atoms with Crippen molar-refractivity contribution in [3.05, 3.63) is 174 Å². The summed E-state index contributed by atoms with van der Waals surface area (Å²) in [4.78, 5) is 4.95. The molecule has 1 unspecified atom stereocenters. The Morgan fingerprint density at radius 3 is 2.11 bits per heavy atom. The van der Waals surface area contributed by atoms with E-state index < -0.39 is 0 Å². The average Bonchev–Trinajstić information content (AvgIpc) is 3.34. The van der Waals surface area contributed by atoms with Crippen molar-refractivity contribution in [2.45, 2.75) is 52.0 Å². The topological polar surface area (TPSA) is 6.48 Å². The Balaban J connectivity index is 1.26. The Kier molecular flexibility index (Phi) is 7.45. The maximum absolute atomic E-state index is 2.51. The molecule has 0 spiro atoms. The number of benzene rings is 5. The zero-order valence-corrected chi connectivity index (χ0v) is 27.7. The van der Waals surface area contributed by atoms with E-state index in [0.29, 0.717) is 5.92 Å². The fourth-order valence-electron chi connectivity index (χ4n) is 7.87. The highest BCUT2D eigenvalue weighted by atomic mass is 15.2. The number of anilines is 3. The molecular formula is C45H42N2. The molecule has 0 radical (unpaired) electrons. The minimum Gasteiger partial charge on any atom is -0.337 e. The predicted octanol–water partition coefficient (Wildman–Crippen LogP) is 12.0. The zero-order chi connectivity index (χ0) is 32.0. The van der Waals surface area contributed by atoms with Gasteiger partial charge in [0.05, 0.1) is 0 Å². The summed E-state index contributed by atoms with van der Waals surface area (Å²) in [7, 11) is 0. The molecule has 0 aromatic heterocycles. The first-order chi connectivity index (χ1) is 23.0. The van der Waals surface area contributed by atoms with Gasteiger partial charge in [-0.2, -0.15) is 0 Å². The number of allylic oxidation sites excluding steroid dienone is 7. The maximum atomic E-state index is 2.51. The van der Waals surface area contributed by atoms with Crippen LogP contribution in [-0.2, 0) is 12.0 Å². The molecule has 5 aromatic carbocycles. The highest BCUT2D eigenvalue weighted by molar-refractivity contribution is 6.04. The third kappa shape index (κ3) is 5.22. The molecule has 47 heavy (non-hydrogen) atoms. The molecule has 0 saturated heterocycles. The number of rotatable bonds is 7. The van der Waals surface area contributed by atoms with Crippen molar-refractivity contribution in [3.63, 3.8) is 0 Å². The van der Waals surface area contributed by atoms with E-state index in [2.05, 4.69) is 176 Å². The quantitative estimate of drug-likeness (QED) is 0.181. The van der Waals surface area contributed by atoms with Crippen LogP contribution in [-0.4, -0.2) is 0 Å². The second kappa shape index (κ2) is 11.9. The van der Waals surface area contributed by atoms with E-state index >= 15 is 0 Å². The molecule has 232 valence electrons. The second-order valence-electron chi connectivity index (χ2n) is 13.8. The largest absolute Gasteiger partial charge is 0.337 e. The van der Waals surface area contributed by atoms with E-state index in [1.807, 2.05) is 0 Å². The summed E-state index contributed by atoms with van der Waals surface area (Å²) in [6, 6.07) is 40.3. The zero-order valence-electron chi connectivity index (χ0n) is 27.7. The highest BCUT2D eigenvalue weighted by Crippen LogP contribution is 2.53. The van der Waals surface area contributed by atoms with Crippen molar-refractivity contribution in [2.75, 3.05) is 9.80 Å². The van der Waals surface area contributed by atoms with Gasteiger partial charge in [0.25, 0.3) is 0 Å². The maximum Gasteiger partial charge on any atom is 0.0488 e. The summed E-state index contributed by atoms with van der Waals surface area (Å²) in [5, 5.41) is 2.66. The van der Waals surface area contributed by atoms with E-state index in [0.717, 1.165) is 25.8 Å². The van der Waals surface area contributed by atoms with Crippen molar-refractivity contribution in [1.82, 2.24) is 0 Å². The van der Waals surface area contributed by atoms with Gasteiger partial charge < -0.3 is 9.80 Å². The lowest BCUT2D eigenvalue weighted by Crippen LogP contribution is -2.24. The molecular weight excluding hydrogens is 569 g/mol. The van der Waals surface area contributed by atoms with Gasteiger partial charge in [0.15, 0.2) is 0 Å². The third-order valence-electron chi connectivity index (χ3n) is 10.3.